The van der Waals surface area contributed by atoms with Gasteiger partial charge in [-0.1, -0.05) is 46.2 Å². The van der Waals surface area contributed by atoms with Crippen molar-refractivity contribution in [1.82, 2.24) is 4.90 Å². The van der Waals surface area contributed by atoms with E-state index in [-0.39, 0.29) is 42.9 Å². The van der Waals surface area contributed by atoms with E-state index in [1.54, 1.807) is 41.5 Å². The van der Waals surface area contributed by atoms with Gasteiger partial charge in [0.25, 0.3) is 0 Å². The van der Waals surface area contributed by atoms with Gasteiger partial charge in [0.1, 0.15) is 18.0 Å². The highest BCUT2D eigenvalue weighted by molar-refractivity contribution is 5.88. The Balaban J connectivity index is 2.21. The molecule has 0 bridgehead atoms. The maximum Gasteiger partial charge on any atom is 0.185 e. The van der Waals surface area contributed by atoms with E-state index in [4.69, 9.17) is 23.7 Å². The van der Waals surface area contributed by atoms with Crippen molar-refractivity contribution < 1.29 is 59.2 Å². The third kappa shape index (κ3) is 9.55. The minimum Gasteiger partial charge on any atom is -0.411 e. The monoisotopic (exact) mass is 746 g/mol. The summed E-state index contributed by atoms with van der Waals surface area (Å²) in [6.07, 6.45) is -7.64. The van der Waals surface area contributed by atoms with Crippen molar-refractivity contribution in [2.24, 2.45) is 34.7 Å². The van der Waals surface area contributed by atoms with Crippen molar-refractivity contribution in [3.63, 3.8) is 0 Å². The third-order valence-electron chi connectivity index (χ3n) is 12.6. The van der Waals surface area contributed by atoms with Crippen molar-refractivity contribution >= 4 is 11.5 Å². The zero-order valence-electron chi connectivity index (χ0n) is 33.7. The summed E-state index contributed by atoms with van der Waals surface area (Å²) in [5.74, 6) is -3.99. The molecule has 0 amide bonds. The van der Waals surface area contributed by atoms with E-state index in [2.05, 4.69) is 5.16 Å². The summed E-state index contributed by atoms with van der Waals surface area (Å²) < 4.78 is 31.5. The molecule has 1 saturated carbocycles. The van der Waals surface area contributed by atoms with E-state index >= 15 is 0 Å². The molecule has 0 unspecified atom stereocenters. The van der Waals surface area contributed by atoms with Gasteiger partial charge in [-0.25, -0.2) is 0 Å². The van der Waals surface area contributed by atoms with E-state index in [0.717, 1.165) is 0 Å². The molecule has 0 radical (unpaired) electrons. The van der Waals surface area contributed by atoms with Crippen LogP contribution in [0, 0.1) is 29.6 Å². The summed E-state index contributed by atoms with van der Waals surface area (Å²) in [4.78, 5) is 16.3. The summed E-state index contributed by atoms with van der Waals surface area (Å²) in [6, 6.07) is -0.302. The molecule has 6 N–H and O–H groups in total. The zero-order chi connectivity index (χ0) is 39.7. The van der Waals surface area contributed by atoms with Gasteiger partial charge in [0.15, 0.2) is 12.6 Å². The SMILES string of the molecule is CC[C@H]1CC(=O)[C@H](C)[C@@H](O[C@H]2C[C@@](C)(OC)[C@@H](O)[C@H](C)O2)[C@H](C)[C@@H](O[C@@H]2O[C@H](C)C[C@H](N(C)C)[C@H]2O)[C@](C)(O)C[C@@H](C)/C(=N\O)[C@H](C)[C@@H](O)[C@]1(C)O. The van der Waals surface area contributed by atoms with Crippen LogP contribution in [-0.4, -0.2) is 146 Å². The largest absolute Gasteiger partial charge is 0.411 e. The summed E-state index contributed by atoms with van der Waals surface area (Å²) >= 11 is 0. The molecule has 14 nitrogen and oxygen atoms in total. The number of nitrogens with zero attached hydrogens (tertiary/aromatic N) is 2. The number of aliphatic hydroxyl groups excluding tert-OH is 3. The minimum absolute atomic E-state index is 0.0345. The second-order valence-corrected chi connectivity index (χ2v) is 17.0. The van der Waals surface area contributed by atoms with Crippen LogP contribution in [0.1, 0.15) is 101 Å². The summed E-state index contributed by atoms with van der Waals surface area (Å²) in [7, 11) is 5.24. The first-order valence-electron chi connectivity index (χ1n) is 19.0. The molecule has 14 heteroatoms. The Labute approximate surface area is 310 Å². The van der Waals surface area contributed by atoms with Crippen molar-refractivity contribution in [1.29, 1.82) is 0 Å². The van der Waals surface area contributed by atoms with Crippen molar-refractivity contribution in [2.45, 2.75) is 179 Å². The maximum absolute atomic E-state index is 14.4. The number of aliphatic hydroxyl groups is 5. The number of carbonyl (C=O) groups is 1. The molecular formula is C38H70N2O12. The summed E-state index contributed by atoms with van der Waals surface area (Å²) in [5.41, 5.74) is -4.33. The van der Waals surface area contributed by atoms with E-state index in [0.29, 0.717) is 12.8 Å². The molecule has 0 aromatic rings. The second-order valence-electron chi connectivity index (χ2n) is 17.0. The lowest BCUT2D eigenvalue weighted by molar-refractivity contribution is -0.317. The highest BCUT2D eigenvalue weighted by Gasteiger charge is 2.53. The molecule has 52 heavy (non-hydrogen) atoms. The van der Waals surface area contributed by atoms with Gasteiger partial charge >= 0.3 is 0 Å². The maximum atomic E-state index is 14.4. The highest BCUT2D eigenvalue weighted by atomic mass is 16.7. The number of hydrogen-bond donors (Lipinski definition) is 6. The lowest BCUT2D eigenvalue weighted by Crippen LogP contribution is -2.60. The standard InChI is InChI=1S/C38H70N2O12/c1-14-25-16-27(41)21(4)31(51-28-18-37(9,48-13)33(44)24(7)50-28)23(6)34(52-35-30(42)26(40(11)12)15-20(3)49-35)36(8,45)17-19(2)29(39-47)22(5)32(43)38(25,10)46/h19-26,28,30-35,42-47H,14-18H2,1-13H3/b39-29+/t19-,20-,21+,22+,23+,24+,25+,26+,28+,30-,31-,32-,33+,34-,35+,36-,37-,38-/m1/s1. The highest BCUT2D eigenvalue weighted by Crippen LogP contribution is 2.42. The molecule has 3 fully saturated rings. The molecular weight excluding hydrogens is 676 g/mol. The molecule has 2 heterocycles. The molecule has 304 valence electrons. The Morgan fingerprint density at radius 2 is 1.54 bits per heavy atom. The van der Waals surface area contributed by atoms with Gasteiger partial charge in [-0.15, -0.1) is 0 Å². The number of likely N-dealkylation sites (N-methyl/N-ethyl adjacent to an activating group) is 1. The van der Waals surface area contributed by atoms with Crippen LogP contribution in [0.25, 0.3) is 0 Å². The molecule has 0 aromatic heterocycles. The van der Waals surface area contributed by atoms with Crippen molar-refractivity contribution in [3.8, 4) is 0 Å². The van der Waals surface area contributed by atoms with Gasteiger partial charge in [0.2, 0.25) is 0 Å². The molecule has 0 aromatic carbocycles. The van der Waals surface area contributed by atoms with Gasteiger partial charge in [-0.05, 0) is 67.5 Å². The number of oxime groups is 1. The fourth-order valence-corrected chi connectivity index (χ4v) is 9.04. The molecule has 18 atom stereocenters. The Hall–Kier alpha value is -1.30. The number of ketones is 1. The lowest BCUT2D eigenvalue weighted by atomic mass is 9.69. The molecule has 2 aliphatic heterocycles. The molecule has 2 saturated heterocycles. The van der Waals surface area contributed by atoms with E-state index < -0.39 is 95.6 Å². The van der Waals surface area contributed by atoms with Crippen molar-refractivity contribution in [3.05, 3.63) is 0 Å². The minimum atomic E-state index is -1.74. The Kier molecular flexibility index (Phi) is 15.3. The number of carbonyl (C=O) groups excluding carboxylic acids is 1. The zero-order valence-corrected chi connectivity index (χ0v) is 33.7. The van der Waals surface area contributed by atoms with Gasteiger partial charge < -0.3 is 59.3 Å². The van der Waals surface area contributed by atoms with Crippen LogP contribution < -0.4 is 0 Å². The first kappa shape index (κ1) is 45.1. The van der Waals surface area contributed by atoms with Crippen LogP contribution in [0.2, 0.25) is 0 Å². The van der Waals surface area contributed by atoms with E-state index in [9.17, 15) is 35.5 Å². The molecule has 1 aliphatic carbocycles. The number of methoxy groups -OCH3 is 1. The summed E-state index contributed by atoms with van der Waals surface area (Å²) in [5, 5.41) is 72.1. The van der Waals surface area contributed by atoms with Crippen LogP contribution in [0.4, 0.5) is 0 Å². The van der Waals surface area contributed by atoms with E-state index in [1.807, 2.05) is 39.8 Å². The van der Waals surface area contributed by atoms with Gasteiger partial charge in [0, 0.05) is 49.7 Å². The first-order chi connectivity index (χ1) is 24.0. The van der Waals surface area contributed by atoms with E-state index in [1.165, 1.54) is 14.0 Å². The second kappa shape index (κ2) is 17.7. The quantitative estimate of drug-likeness (QED) is 0.164. The first-order valence-corrected chi connectivity index (χ1v) is 19.0. The predicted octanol–water partition coefficient (Wildman–Crippen LogP) is 2.71. The molecule has 3 rings (SSSR count). The van der Waals surface area contributed by atoms with Crippen LogP contribution in [0.3, 0.4) is 0 Å². The lowest BCUT2D eigenvalue weighted by Gasteiger charge is -2.49. The normalized spacial score (nSPS) is 49.9. The Morgan fingerprint density at radius 3 is 2.08 bits per heavy atom. The van der Waals surface area contributed by atoms with Crippen LogP contribution in [0.15, 0.2) is 5.16 Å². The van der Waals surface area contributed by atoms with Crippen LogP contribution in [0.5, 0.6) is 0 Å². The number of hydrogen-bond acceptors (Lipinski definition) is 14. The van der Waals surface area contributed by atoms with Gasteiger partial charge in [-0.2, -0.15) is 0 Å². The molecule has 0 spiro atoms. The number of ether oxygens (including phenoxy) is 5. The van der Waals surface area contributed by atoms with Gasteiger partial charge in [0.05, 0.1) is 53.0 Å². The summed E-state index contributed by atoms with van der Waals surface area (Å²) in [6.45, 7) is 17.2. The fraction of sp³-hybridized carbons (Fsp3) is 0.947. The number of rotatable bonds is 7. The van der Waals surface area contributed by atoms with Crippen LogP contribution >= 0.6 is 0 Å². The van der Waals surface area contributed by atoms with Crippen LogP contribution in [-0.2, 0) is 28.5 Å². The predicted molar refractivity (Wildman–Crippen MR) is 194 cm³/mol. The average Bonchev–Trinajstić information content (AvgIpc) is 3.06. The topological polar surface area (TPSA) is 200 Å². The smallest absolute Gasteiger partial charge is 0.185 e. The Morgan fingerprint density at radius 1 is 0.923 bits per heavy atom. The molecule has 3 aliphatic rings. The third-order valence-corrected chi connectivity index (χ3v) is 12.6. The Bertz CT molecular complexity index is 1200. The average molecular weight is 747 g/mol. The fourth-order valence-electron chi connectivity index (χ4n) is 9.04. The van der Waals surface area contributed by atoms with Crippen molar-refractivity contribution in [2.75, 3.05) is 21.2 Å². The number of Topliss-reactive ketones (excluding diaryl/α,β-unsaturated/α-hetero) is 1. The van der Waals surface area contributed by atoms with Gasteiger partial charge in [-0.3, -0.25) is 4.79 Å².